The number of hydrogen-bond acceptors (Lipinski definition) is 8. The number of rotatable bonds is 18. The molecule has 3 rings (SSSR count). The highest BCUT2D eigenvalue weighted by Crippen LogP contribution is 2.12. The molecule has 8 N–H and O–H groups in total. The zero-order chi connectivity index (χ0) is 34.0. The van der Waals surface area contributed by atoms with E-state index in [4.69, 9.17) is 16.2 Å². The van der Waals surface area contributed by atoms with Crippen molar-refractivity contribution < 1.29 is 23.9 Å². The molecule has 0 aliphatic carbocycles. The quantitative estimate of drug-likeness (QED) is 0.101. The lowest BCUT2D eigenvalue weighted by atomic mass is 9.99. The van der Waals surface area contributed by atoms with Crippen LogP contribution in [0.3, 0.4) is 0 Å². The van der Waals surface area contributed by atoms with Crippen LogP contribution < -0.4 is 32.7 Å². The van der Waals surface area contributed by atoms with Gasteiger partial charge in [0.05, 0.1) is 12.6 Å². The standard InChI is InChI=1S/C35H53N7O5/c1-25(2)21-30(33(44)39-29(15-9-16-38-24-36)35(46)42-17-10-19-47-20-18-42)41-34(45)31(23-27-13-7-4-8-14-27)40-32(43)28(37)22-26-11-5-3-6-12-26/h3-8,11-14,25,28-31,38H,9-10,15-24,36-37H2,1-2H3,(H,39,44)(H,40,43)(H,41,45)/t28-,29-,30-,31-/m1/s1. The molecule has 0 saturated carbocycles. The summed E-state index contributed by atoms with van der Waals surface area (Å²) in [4.78, 5) is 56.2. The van der Waals surface area contributed by atoms with Crippen LogP contribution in [-0.4, -0.2) is 92.2 Å². The highest BCUT2D eigenvalue weighted by atomic mass is 16.5. The predicted octanol–water partition coefficient (Wildman–Crippen LogP) is 0.835. The van der Waals surface area contributed by atoms with Gasteiger partial charge in [-0.2, -0.15) is 0 Å². The van der Waals surface area contributed by atoms with Crippen molar-refractivity contribution >= 4 is 23.6 Å². The number of amides is 4. The number of hydrogen-bond donors (Lipinski definition) is 6. The van der Waals surface area contributed by atoms with E-state index in [-0.39, 0.29) is 18.2 Å². The van der Waals surface area contributed by atoms with Crippen molar-refractivity contribution in [1.82, 2.24) is 26.2 Å². The van der Waals surface area contributed by atoms with Gasteiger partial charge >= 0.3 is 0 Å². The molecule has 1 aliphatic heterocycles. The van der Waals surface area contributed by atoms with Crippen LogP contribution in [0.4, 0.5) is 0 Å². The summed E-state index contributed by atoms with van der Waals surface area (Å²) in [6.45, 7) is 6.84. The third-order valence-corrected chi connectivity index (χ3v) is 8.03. The van der Waals surface area contributed by atoms with E-state index in [0.717, 1.165) is 17.5 Å². The van der Waals surface area contributed by atoms with Crippen LogP contribution in [0.15, 0.2) is 60.7 Å². The van der Waals surface area contributed by atoms with Crippen LogP contribution >= 0.6 is 0 Å². The number of ether oxygens (including phenoxy) is 1. The average Bonchev–Trinajstić information content (AvgIpc) is 3.35. The number of nitrogens with two attached hydrogens (primary N) is 2. The maximum atomic E-state index is 13.9. The molecule has 1 saturated heterocycles. The normalized spacial score (nSPS) is 16.0. The van der Waals surface area contributed by atoms with Crippen LogP contribution in [0, 0.1) is 5.92 Å². The van der Waals surface area contributed by atoms with Crippen molar-refractivity contribution in [3.63, 3.8) is 0 Å². The maximum absolute atomic E-state index is 13.9. The summed E-state index contributed by atoms with van der Waals surface area (Å²) in [5, 5.41) is 11.7. The Balaban J connectivity index is 1.76. The van der Waals surface area contributed by atoms with Gasteiger partial charge in [-0.05, 0) is 55.7 Å². The first kappa shape index (κ1) is 37.6. The predicted molar refractivity (Wildman–Crippen MR) is 182 cm³/mol. The summed E-state index contributed by atoms with van der Waals surface area (Å²) in [7, 11) is 0. The van der Waals surface area contributed by atoms with Gasteiger partial charge in [-0.25, -0.2) is 0 Å². The van der Waals surface area contributed by atoms with E-state index in [1.807, 2.05) is 74.5 Å². The van der Waals surface area contributed by atoms with Gasteiger partial charge in [0, 0.05) is 32.8 Å². The molecule has 1 aliphatic rings. The summed E-state index contributed by atoms with van der Waals surface area (Å²) >= 11 is 0. The Kier molecular flexibility index (Phi) is 16.3. The van der Waals surface area contributed by atoms with Crippen molar-refractivity contribution in [1.29, 1.82) is 0 Å². The van der Waals surface area contributed by atoms with E-state index < -0.39 is 41.9 Å². The second kappa shape index (κ2) is 20.4. The molecule has 0 bridgehead atoms. The van der Waals surface area contributed by atoms with E-state index in [1.54, 1.807) is 4.90 Å². The molecular weight excluding hydrogens is 598 g/mol. The van der Waals surface area contributed by atoms with Gasteiger partial charge in [-0.1, -0.05) is 74.5 Å². The fourth-order valence-electron chi connectivity index (χ4n) is 5.52. The molecule has 4 atom stereocenters. The molecule has 0 aromatic heterocycles. The number of nitrogens with zero attached hydrogens (tertiary/aromatic N) is 1. The molecule has 12 heteroatoms. The Morgan fingerprint density at radius 3 is 2.02 bits per heavy atom. The highest BCUT2D eigenvalue weighted by Gasteiger charge is 2.32. The molecule has 4 amide bonds. The molecule has 0 radical (unpaired) electrons. The first-order valence-corrected chi connectivity index (χ1v) is 16.7. The third kappa shape index (κ3) is 13.4. The van der Waals surface area contributed by atoms with Crippen molar-refractivity contribution in [3.05, 3.63) is 71.8 Å². The minimum atomic E-state index is -0.981. The largest absolute Gasteiger partial charge is 0.380 e. The lowest BCUT2D eigenvalue weighted by Gasteiger charge is -2.29. The fourth-order valence-corrected chi connectivity index (χ4v) is 5.52. The Bertz CT molecular complexity index is 1240. The number of carbonyl (C=O) groups is 4. The van der Waals surface area contributed by atoms with Gasteiger partial charge < -0.3 is 42.4 Å². The Morgan fingerprint density at radius 1 is 0.787 bits per heavy atom. The van der Waals surface area contributed by atoms with Crippen LogP contribution in [0.5, 0.6) is 0 Å². The highest BCUT2D eigenvalue weighted by molar-refractivity contribution is 5.95. The molecule has 2 aromatic carbocycles. The summed E-state index contributed by atoms with van der Waals surface area (Å²) in [6, 6.07) is 15.2. The first-order chi connectivity index (χ1) is 22.7. The number of nitrogens with one attached hydrogen (secondary N) is 4. The van der Waals surface area contributed by atoms with Gasteiger partial charge in [0.1, 0.15) is 18.1 Å². The van der Waals surface area contributed by atoms with Gasteiger partial charge in [-0.15, -0.1) is 0 Å². The second-order valence-corrected chi connectivity index (χ2v) is 12.4. The maximum Gasteiger partial charge on any atom is 0.245 e. The Morgan fingerprint density at radius 2 is 1.38 bits per heavy atom. The Hall–Kier alpha value is -3.84. The van der Waals surface area contributed by atoms with Crippen molar-refractivity contribution in [3.8, 4) is 0 Å². The van der Waals surface area contributed by atoms with Crippen LogP contribution in [0.25, 0.3) is 0 Å². The zero-order valence-electron chi connectivity index (χ0n) is 27.8. The summed E-state index contributed by atoms with van der Waals surface area (Å²) in [6.07, 6.45) is 2.60. The monoisotopic (exact) mass is 651 g/mol. The van der Waals surface area contributed by atoms with Crippen LogP contribution in [0.1, 0.15) is 50.7 Å². The zero-order valence-corrected chi connectivity index (χ0v) is 27.8. The van der Waals surface area contributed by atoms with Crippen molar-refractivity contribution in [2.75, 3.05) is 39.5 Å². The average molecular weight is 652 g/mol. The molecule has 0 unspecified atom stereocenters. The lowest BCUT2D eigenvalue weighted by molar-refractivity contribution is -0.138. The summed E-state index contributed by atoms with van der Waals surface area (Å²) in [5.41, 5.74) is 13.6. The summed E-state index contributed by atoms with van der Waals surface area (Å²) < 4.78 is 5.52. The molecule has 1 heterocycles. The molecule has 12 nitrogen and oxygen atoms in total. The minimum Gasteiger partial charge on any atom is -0.380 e. The van der Waals surface area contributed by atoms with Gasteiger partial charge in [-0.3, -0.25) is 19.2 Å². The van der Waals surface area contributed by atoms with Gasteiger partial charge in [0.2, 0.25) is 23.6 Å². The second-order valence-electron chi connectivity index (χ2n) is 12.4. The molecule has 2 aromatic rings. The number of benzene rings is 2. The topological polar surface area (TPSA) is 181 Å². The van der Waals surface area contributed by atoms with E-state index in [9.17, 15) is 19.2 Å². The summed E-state index contributed by atoms with van der Waals surface area (Å²) in [5.74, 6) is -1.54. The van der Waals surface area contributed by atoms with Gasteiger partial charge in [0.25, 0.3) is 0 Å². The molecular formula is C35H53N7O5. The van der Waals surface area contributed by atoms with Gasteiger partial charge in [0.15, 0.2) is 0 Å². The van der Waals surface area contributed by atoms with E-state index in [2.05, 4.69) is 21.3 Å². The van der Waals surface area contributed by atoms with Crippen molar-refractivity contribution in [2.45, 2.75) is 76.5 Å². The fraction of sp³-hybridized carbons (Fsp3) is 0.543. The third-order valence-electron chi connectivity index (χ3n) is 8.03. The lowest BCUT2D eigenvalue weighted by Crippen LogP contribution is -2.58. The van der Waals surface area contributed by atoms with Crippen LogP contribution in [-0.2, 0) is 36.8 Å². The number of carbonyl (C=O) groups excluding carboxylic acids is 4. The van der Waals surface area contributed by atoms with E-state index >= 15 is 0 Å². The molecule has 258 valence electrons. The first-order valence-electron chi connectivity index (χ1n) is 16.7. The molecule has 1 fully saturated rings. The van der Waals surface area contributed by atoms with Crippen LogP contribution in [0.2, 0.25) is 0 Å². The van der Waals surface area contributed by atoms with E-state index in [1.165, 1.54) is 0 Å². The molecule has 0 spiro atoms. The van der Waals surface area contributed by atoms with E-state index in [0.29, 0.717) is 65.2 Å². The smallest absolute Gasteiger partial charge is 0.245 e. The minimum absolute atomic E-state index is 0.0539. The SMILES string of the molecule is CC(C)C[C@@H](NC(=O)[C@@H](Cc1ccccc1)NC(=O)[C@H](N)Cc1ccccc1)C(=O)N[C@H](CCCNCN)C(=O)N1CCCOCC1. The molecule has 47 heavy (non-hydrogen) atoms. The Labute approximate surface area is 278 Å². The van der Waals surface area contributed by atoms with Crippen molar-refractivity contribution in [2.24, 2.45) is 17.4 Å².